The fraction of sp³-hybridized carbons (Fsp3) is 0.333. The monoisotopic (exact) mass is 395 g/mol. The van der Waals surface area contributed by atoms with Crippen molar-refractivity contribution in [3.05, 3.63) is 63.2 Å². The van der Waals surface area contributed by atoms with Crippen molar-refractivity contribution in [2.75, 3.05) is 13.2 Å². The van der Waals surface area contributed by atoms with Crippen LogP contribution in [0.3, 0.4) is 0 Å². The van der Waals surface area contributed by atoms with Gasteiger partial charge in [0.25, 0.3) is 0 Å². The maximum absolute atomic E-state index is 5.82. The van der Waals surface area contributed by atoms with Crippen molar-refractivity contribution in [1.82, 2.24) is 5.32 Å². The Hall–Kier alpha value is -1.07. The molecule has 2 aromatic carbocycles. The fourth-order valence-electron chi connectivity index (χ4n) is 2.39. The molecule has 0 saturated carbocycles. The number of benzene rings is 2. The molecule has 0 amide bonds. The first-order valence-corrected chi connectivity index (χ1v) is 8.55. The van der Waals surface area contributed by atoms with Crippen LogP contribution in [0, 0.1) is 3.57 Å². The standard InChI is InChI=1S/C18H22INO/c1-3-13-20-18(14-9-5-7-11-16(14)19)15-10-6-8-12-17(15)21-4-2/h5-12,18,20H,3-4,13H2,1-2H3. The van der Waals surface area contributed by atoms with Gasteiger partial charge in [0, 0.05) is 9.13 Å². The third-order valence-corrected chi connectivity index (χ3v) is 4.33. The van der Waals surface area contributed by atoms with Crippen LogP contribution in [0.1, 0.15) is 37.4 Å². The SMILES string of the molecule is CCCNC(c1ccccc1I)c1ccccc1OCC. The summed E-state index contributed by atoms with van der Waals surface area (Å²) in [4.78, 5) is 0. The summed E-state index contributed by atoms with van der Waals surface area (Å²) in [5.41, 5.74) is 2.51. The molecule has 0 aliphatic carbocycles. The first-order valence-electron chi connectivity index (χ1n) is 7.47. The van der Waals surface area contributed by atoms with Crippen LogP contribution in [-0.2, 0) is 0 Å². The lowest BCUT2D eigenvalue weighted by Gasteiger charge is -2.23. The van der Waals surface area contributed by atoms with E-state index < -0.39 is 0 Å². The average molecular weight is 395 g/mol. The third kappa shape index (κ3) is 4.20. The minimum atomic E-state index is 0.167. The number of halogens is 1. The van der Waals surface area contributed by atoms with Crippen LogP contribution < -0.4 is 10.1 Å². The normalized spacial score (nSPS) is 12.1. The Balaban J connectivity index is 2.43. The quantitative estimate of drug-likeness (QED) is 0.682. The van der Waals surface area contributed by atoms with Gasteiger partial charge in [-0.1, -0.05) is 43.3 Å². The molecule has 0 saturated heterocycles. The lowest BCUT2D eigenvalue weighted by molar-refractivity contribution is 0.333. The van der Waals surface area contributed by atoms with E-state index in [0.717, 1.165) is 18.7 Å². The summed E-state index contributed by atoms with van der Waals surface area (Å²) in [6.45, 7) is 5.88. The number of hydrogen-bond donors (Lipinski definition) is 1. The molecule has 0 heterocycles. The number of hydrogen-bond acceptors (Lipinski definition) is 2. The first-order chi connectivity index (χ1) is 10.3. The van der Waals surface area contributed by atoms with Crippen LogP contribution in [-0.4, -0.2) is 13.2 Å². The molecule has 0 aliphatic rings. The van der Waals surface area contributed by atoms with Gasteiger partial charge >= 0.3 is 0 Å². The molecule has 1 N–H and O–H groups in total. The van der Waals surface area contributed by atoms with Gasteiger partial charge in [-0.2, -0.15) is 0 Å². The van der Waals surface area contributed by atoms with Gasteiger partial charge in [0.2, 0.25) is 0 Å². The highest BCUT2D eigenvalue weighted by Gasteiger charge is 2.19. The summed E-state index contributed by atoms with van der Waals surface area (Å²) in [5.74, 6) is 0.966. The molecular weight excluding hydrogens is 373 g/mol. The highest BCUT2D eigenvalue weighted by Crippen LogP contribution is 2.32. The second kappa shape index (κ2) is 8.39. The molecule has 0 bridgehead atoms. The van der Waals surface area contributed by atoms with Crippen molar-refractivity contribution < 1.29 is 4.74 Å². The second-order valence-corrected chi connectivity index (χ2v) is 6.04. The lowest BCUT2D eigenvalue weighted by atomic mass is 9.97. The molecule has 0 fully saturated rings. The summed E-state index contributed by atoms with van der Waals surface area (Å²) in [6.07, 6.45) is 1.11. The molecule has 21 heavy (non-hydrogen) atoms. The van der Waals surface area contributed by atoms with Crippen molar-refractivity contribution in [3.63, 3.8) is 0 Å². The van der Waals surface area contributed by atoms with E-state index in [-0.39, 0.29) is 6.04 Å². The molecule has 0 aliphatic heterocycles. The molecule has 2 rings (SSSR count). The van der Waals surface area contributed by atoms with Gasteiger partial charge in [-0.25, -0.2) is 0 Å². The lowest BCUT2D eigenvalue weighted by Crippen LogP contribution is -2.24. The highest BCUT2D eigenvalue weighted by atomic mass is 127. The Labute approximate surface area is 141 Å². The van der Waals surface area contributed by atoms with Crippen LogP contribution in [0.25, 0.3) is 0 Å². The van der Waals surface area contributed by atoms with Gasteiger partial charge in [-0.3, -0.25) is 0 Å². The van der Waals surface area contributed by atoms with E-state index in [1.807, 2.05) is 13.0 Å². The molecular formula is C18H22INO. The van der Waals surface area contributed by atoms with E-state index in [2.05, 4.69) is 77.3 Å². The predicted molar refractivity (Wildman–Crippen MR) is 96.9 cm³/mol. The van der Waals surface area contributed by atoms with E-state index in [0.29, 0.717) is 6.61 Å². The zero-order chi connectivity index (χ0) is 15.1. The molecule has 1 atom stereocenters. The van der Waals surface area contributed by atoms with Gasteiger partial charge < -0.3 is 10.1 Å². The summed E-state index contributed by atoms with van der Waals surface area (Å²) < 4.78 is 7.09. The first kappa shape index (κ1) is 16.3. The smallest absolute Gasteiger partial charge is 0.124 e. The van der Waals surface area contributed by atoms with Crippen LogP contribution in [0.15, 0.2) is 48.5 Å². The second-order valence-electron chi connectivity index (χ2n) is 4.88. The van der Waals surface area contributed by atoms with Gasteiger partial charge in [0.05, 0.1) is 12.6 Å². The largest absolute Gasteiger partial charge is 0.494 e. The summed E-state index contributed by atoms with van der Waals surface area (Å²) in [6, 6.07) is 17.0. The number of para-hydroxylation sites is 1. The Morgan fingerprint density at radius 2 is 1.67 bits per heavy atom. The van der Waals surface area contributed by atoms with E-state index in [1.54, 1.807) is 0 Å². The van der Waals surface area contributed by atoms with Crippen molar-refractivity contribution in [2.45, 2.75) is 26.3 Å². The summed E-state index contributed by atoms with van der Waals surface area (Å²) >= 11 is 2.41. The average Bonchev–Trinajstić information content (AvgIpc) is 2.51. The molecule has 0 radical (unpaired) electrons. The van der Waals surface area contributed by atoms with Crippen molar-refractivity contribution in [3.8, 4) is 5.75 Å². The molecule has 2 nitrogen and oxygen atoms in total. The van der Waals surface area contributed by atoms with E-state index in [1.165, 1.54) is 14.7 Å². The van der Waals surface area contributed by atoms with Crippen molar-refractivity contribution >= 4 is 22.6 Å². The minimum Gasteiger partial charge on any atom is -0.494 e. The van der Waals surface area contributed by atoms with E-state index >= 15 is 0 Å². The van der Waals surface area contributed by atoms with Gasteiger partial charge in [0.15, 0.2) is 0 Å². The van der Waals surface area contributed by atoms with E-state index in [9.17, 15) is 0 Å². The predicted octanol–water partition coefficient (Wildman–Crippen LogP) is 4.78. The molecule has 0 spiro atoms. The Morgan fingerprint density at radius 3 is 2.33 bits per heavy atom. The molecule has 112 valence electrons. The van der Waals surface area contributed by atoms with Crippen molar-refractivity contribution in [1.29, 1.82) is 0 Å². The van der Waals surface area contributed by atoms with Gasteiger partial charge in [0.1, 0.15) is 5.75 Å². The summed E-state index contributed by atoms with van der Waals surface area (Å²) in [5, 5.41) is 3.66. The number of ether oxygens (including phenoxy) is 1. The highest BCUT2D eigenvalue weighted by molar-refractivity contribution is 14.1. The van der Waals surface area contributed by atoms with Crippen LogP contribution in [0.4, 0.5) is 0 Å². The Morgan fingerprint density at radius 1 is 1.00 bits per heavy atom. The molecule has 1 unspecified atom stereocenters. The fourth-order valence-corrected chi connectivity index (χ4v) is 3.09. The summed E-state index contributed by atoms with van der Waals surface area (Å²) in [7, 11) is 0. The van der Waals surface area contributed by atoms with Crippen LogP contribution >= 0.6 is 22.6 Å². The topological polar surface area (TPSA) is 21.3 Å². The minimum absolute atomic E-state index is 0.167. The van der Waals surface area contributed by atoms with Crippen LogP contribution in [0.5, 0.6) is 5.75 Å². The number of nitrogens with one attached hydrogen (secondary N) is 1. The molecule has 3 heteroatoms. The Bertz CT molecular complexity index is 571. The molecule has 0 aromatic heterocycles. The molecule has 2 aromatic rings. The van der Waals surface area contributed by atoms with Crippen LogP contribution in [0.2, 0.25) is 0 Å². The Kier molecular flexibility index (Phi) is 6.51. The maximum Gasteiger partial charge on any atom is 0.124 e. The zero-order valence-corrected chi connectivity index (χ0v) is 14.8. The van der Waals surface area contributed by atoms with E-state index in [4.69, 9.17) is 4.74 Å². The maximum atomic E-state index is 5.82. The zero-order valence-electron chi connectivity index (χ0n) is 12.6. The number of rotatable bonds is 7. The van der Waals surface area contributed by atoms with Crippen molar-refractivity contribution in [2.24, 2.45) is 0 Å². The van der Waals surface area contributed by atoms with Gasteiger partial charge in [-0.05, 0) is 60.2 Å². The van der Waals surface area contributed by atoms with Gasteiger partial charge in [-0.15, -0.1) is 0 Å². The third-order valence-electron chi connectivity index (χ3n) is 3.34.